The van der Waals surface area contributed by atoms with E-state index in [0.29, 0.717) is 6.42 Å². The van der Waals surface area contributed by atoms with E-state index >= 15 is 0 Å². The van der Waals surface area contributed by atoms with Gasteiger partial charge in [0.1, 0.15) is 5.75 Å². The third-order valence-corrected chi connectivity index (χ3v) is 3.93. The molecule has 0 fully saturated rings. The van der Waals surface area contributed by atoms with Crippen LogP contribution in [0, 0.1) is 5.41 Å². The number of aryl methyl sites for hydroxylation is 1. The number of carbonyl (C=O) groups excluding carboxylic acids is 1. The van der Waals surface area contributed by atoms with Gasteiger partial charge >= 0.3 is 0 Å². The van der Waals surface area contributed by atoms with E-state index in [9.17, 15) is 4.79 Å². The van der Waals surface area contributed by atoms with Gasteiger partial charge in [0.2, 0.25) is 5.91 Å². The highest BCUT2D eigenvalue weighted by Crippen LogP contribution is 2.40. The fourth-order valence-corrected chi connectivity index (χ4v) is 2.87. The first kappa shape index (κ1) is 11.3. The van der Waals surface area contributed by atoms with E-state index < -0.39 is 0 Å². The van der Waals surface area contributed by atoms with E-state index in [1.165, 1.54) is 5.56 Å². The zero-order valence-electron chi connectivity index (χ0n) is 10.6. The molecule has 1 aliphatic heterocycles. The number of benzene rings is 1. The van der Waals surface area contributed by atoms with Crippen LogP contribution in [0.4, 0.5) is 0 Å². The van der Waals surface area contributed by atoms with Crippen LogP contribution < -0.4 is 10.2 Å². The maximum Gasteiger partial charge on any atom is 0.241 e. The lowest BCUT2D eigenvalue weighted by Gasteiger charge is -2.38. The van der Waals surface area contributed by atoms with E-state index in [1.54, 1.807) is 7.11 Å². The zero-order valence-corrected chi connectivity index (χ0v) is 10.6. The molecule has 1 aromatic rings. The summed E-state index contributed by atoms with van der Waals surface area (Å²) in [4.78, 5) is 11.5. The summed E-state index contributed by atoms with van der Waals surface area (Å²) < 4.78 is 5.25. The summed E-state index contributed by atoms with van der Waals surface area (Å²) in [6.45, 7) is 2.12. The molecule has 1 unspecified atom stereocenters. The van der Waals surface area contributed by atoms with Gasteiger partial charge in [-0.3, -0.25) is 4.79 Å². The first-order chi connectivity index (χ1) is 8.62. The van der Waals surface area contributed by atoms with Crippen molar-refractivity contribution < 1.29 is 9.53 Å². The Morgan fingerprint density at radius 3 is 3.06 bits per heavy atom. The number of hydrogen-bond donors (Lipinski definition) is 1. The lowest BCUT2D eigenvalue weighted by molar-refractivity contribution is -0.123. The summed E-state index contributed by atoms with van der Waals surface area (Å²) in [5.74, 6) is 0.885. The second-order valence-electron chi connectivity index (χ2n) is 5.26. The quantitative estimate of drug-likeness (QED) is 0.820. The normalized spacial score (nSPS) is 25.7. The van der Waals surface area contributed by atoms with Crippen LogP contribution in [-0.4, -0.2) is 18.7 Å². The minimum Gasteiger partial charge on any atom is -0.497 e. The van der Waals surface area contributed by atoms with E-state index in [0.717, 1.165) is 29.9 Å². The molecule has 1 N–H and O–H groups in total. The molecule has 0 radical (unpaired) electrons. The van der Waals surface area contributed by atoms with Gasteiger partial charge in [0.25, 0.3) is 0 Å². The Balaban J connectivity index is 2.10. The molecule has 0 saturated carbocycles. The van der Waals surface area contributed by atoms with Crippen molar-refractivity contribution >= 4 is 11.6 Å². The van der Waals surface area contributed by atoms with E-state index in [2.05, 4.69) is 23.5 Å². The Labute approximate surface area is 106 Å². The molecule has 94 valence electrons. The summed E-state index contributed by atoms with van der Waals surface area (Å²) in [7, 11) is 1.67. The molecule has 18 heavy (non-hydrogen) atoms. The van der Waals surface area contributed by atoms with E-state index in [-0.39, 0.29) is 11.3 Å². The standard InChI is InChI=1S/C14H16N2O2/c1-14-6-5-9-7-10(18-2)3-4-11(9)13(14)16-15-12(17)8-14/h3-4,7H,5-6,8H2,1-2H3,(H,15,17). The summed E-state index contributed by atoms with van der Waals surface area (Å²) in [5.41, 5.74) is 5.87. The lowest BCUT2D eigenvalue weighted by atomic mass is 9.68. The van der Waals surface area contributed by atoms with Crippen LogP contribution in [0.1, 0.15) is 30.9 Å². The number of nitrogens with zero attached hydrogens (tertiary/aromatic N) is 1. The number of rotatable bonds is 1. The Bertz CT molecular complexity index is 551. The van der Waals surface area contributed by atoms with Gasteiger partial charge in [0.15, 0.2) is 0 Å². The molecule has 0 spiro atoms. The molecular weight excluding hydrogens is 228 g/mol. The zero-order chi connectivity index (χ0) is 12.8. The van der Waals surface area contributed by atoms with Crippen LogP contribution in [0.2, 0.25) is 0 Å². The van der Waals surface area contributed by atoms with Crippen LogP contribution in [0.5, 0.6) is 5.75 Å². The number of fused-ring (bicyclic) bond motifs is 3. The number of nitrogens with one attached hydrogen (secondary N) is 1. The minimum absolute atomic E-state index is 0.0122. The topological polar surface area (TPSA) is 50.7 Å². The molecule has 4 nitrogen and oxygen atoms in total. The van der Waals surface area contributed by atoms with Crippen LogP contribution >= 0.6 is 0 Å². The third-order valence-electron chi connectivity index (χ3n) is 3.93. The Morgan fingerprint density at radius 1 is 1.44 bits per heavy atom. The van der Waals surface area contributed by atoms with Crippen LogP contribution in [0.3, 0.4) is 0 Å². The smallest absolute Gasteiger partial charge is 0.241 e. The maximum absolute atomic E-state index is 11.5. The van der Waals surface area contributed by atoms with Crippen LogP contribution in [-0.2, 0) is 11.2 Å². The molecule has 1 atom stereocenters. The molecule has 0 bridgehead atoms. The van der Waals surface area contributed by atoms with Crippen molar-refractivity contribution in [3.05, 3.63) is 29.3 Å². The number of hydrogen-bond acceptors (Lipinski definition) is 3. The van der Waals surface area contributed by atoms with Gasteiger partial charge in [-0.15, -0.1) is 0 Å². The first-order valence-corrected chi connectivity index (χ1v) is 6.17. The third kappa shape index (κ3) is 1.60. The molecule has 1 aliphatic carbocycles. The molecule has 1 aromatic carbocycles. The van der Waals surface area contributed by atoms with E-state index in [1.807, 2.05) is 12.1 Å². The predicted octanol–water partition coefficient (Wildman–Crippen LogP) is 1.87. The summed E-state index contributed by atoms with van der Waals surface area (Å²) in [6, 6.07) is 6.05. The highest BCUT2D eigenvalue weighted by atomic mass is 16.5. The molecule has 0 aromatic heterocycles. The van der Waals surface area contributed by atoms with Crippen molar-refractivity contribution in [1.82, 2.24) is 5.43 Å². The van der Waals surface area contributed by atoms with Gasteiger partial charge in [-0.1, -0.05) is 6.92 Å². The van der Waals surface area contributed by atoms with Crippen molar-refractivity contribution in [3.8, 4) is 5.75 Å². The van der Waals surface area contributed by atoms with E-state index in [4.69, 9.17) is 4.74 Å². The predicted molar refractivity (Wildman–Crippen MR) is 68.7 cm³/mol. The molecule has 2 aliphatic rings. The van der Waals surface area contributed by atoms with Crippen molar-refractivity contribution in [2.24, 2.45) is 10.5 Å². The first-order valence-electron chi connectivity index (χ1n) is 6.17. The van der Waals surface area contributed by atoms with Gasteiger partial charge in [-0.25, -0.2) is 5.43 Å². The molecule has 1 amide bonds. The fourth-order valence-electron chi connectivity index (χ4n) is 2.87. The van der Waals surface area contributed by atoms with Gasteiger partial charge in [0, 0.05) is 17.4 Å². The molecule has 4 heteroatoms. The Hall–Kier alpha value is -1.84. The van der Waals surface area contributed by atoms with Crippen LogP contribution in [0.25, 0.3) is 0 Å². The SMILES string of the molecule is COc1ccc2c(c1)CCC1(C)CC(=O)NN=C21. The molecular formula is C14H16N2O2. The number of hydrazone groups is 1. The van der Waals surface area contributed by atoms with Gasteiger partial charge in [-0.2, -0.15) is 5.10 Å². The summed E-state index contributed by atoms with van der Waals surface area (Å²) >= 11 is 0. The Morgan fingerprint density at radius 2 is 2.28 bits per heavy atom. The Kier molecular flexibility index (Phi) is 2.40. The largest absolute Gasteiger partial charge is 0.497 e. The van der Waals surface area contributed by atoms with Gasteiger partial charge in [0.05, 0.1) is 12.8 Å². The molecule has 1 heterocycles. The number of carbonyl (C=O) groups is 1. The highest BCUT2D eigenvalue weighted by molar-refractivity contribution is 6.10. The average molecular weight is 244 g/mol. The minimum atomic E-state index is -0.121. The van der Waals surface area contributed by atoms with Crippen molar-refractivity contribution in [3.63, 3.8) is 0 Å². The summed E-state index contributed by atoms with van der Waals surface area (Å²) in [6.07, 6.45) is 2.45. The average Bonchev–Trinajstić information content (AvgIpc) is 2.36. The van der Waals surface area contributed by atoms with Gasteiger partial charge < -0.3 is 4.74 Å². The fraction of sp³-hybridized carbons (Fsp3) is 0.429. The second-order valence-corrected chi connectivity index (χ2v) is 5.26. The number of amides is 1. The maximum atomic E-state index is 11.5. The number of methoxy groups -OCH3 is 1. The van der Waals surface area contributed by atoms with Crippen molar-refractivity contribution in [2.45, 2.75) is 26.2 Å². The van der Waals surface area contributed by atoms with Crippen molar-refractivity contribution in [1.29, 1.82) is 0 Å². The molecule has 3 rings (SSSR count). The van der Waals surface area contributed by atoms with Crippen LogP contribution in [0.15, 0.2) is 23.3 Å². The monoisotopic (exact) mass is 244 g/mol. The second kappa shape index (κ2) is 3.83. The lowest BCUT2D eigenvalue weighted by Crippen LogP contribution is -2.43. The van der Waals surface area contributed by atoms with Crippen molar-refractivity contribution in [2.75, 3.05) is 7.11 Å². The summed E-state index contributed by atoms with van der Waals surface area (Å²) in [5, 5.41) is 4.28. The number of ether oxygens (including phenoxy) is 1. The molecule has 0 saturated heterocycles. The van der Waals surface area contributed by atoms with Gasteiger partial charge in [-0.05, 0) is 36.6 Å². The highest BCUT2D eigenvalue weighted by Gasteiger charge is 2.40.